The molecule has 1 aromatic carbocycles. The topological polar surface area (TPSA) is 72.2 Å². The highest BCUT2D eigenvalue weighted by Gasteiger charge is 2.26. The quantitative estimate of drug-likeness (QED) is 0.622. The maximum Gasteiger partial charge on any atom is 0.389 e. The Labute approximate surface area is 114 Å². The molecule has 3 N–H and O–H groups in total. The predicted octanol–water partition coefficient (Wildman–Crippen LogP) is 1.91. The maximum absolute atomic E-state index is 13.2. The highest BCUT2D eigenvalue weighted by atomic mass is 32.2. The van der Waals surface area contributed by atoms with Crippen LogP contribution in [0.5, 0.6) is 0 Å². The predicted molar refractivity (Wildman–Crippen MR) is 64.8 cm³/mol. The molecule has 9 heteroatoms. The van der Waals surface area contributed by atoms with Crippen LogP contribution in [0.3, 0.4) is 0 Å². The first-order valence-corrected chi connectivity index (χ1v) is 7.19. The smallest absolute Gasteiger partial charge is 0.326 e. The summed E-state index contributed by atoms with van der Waals surface area (Å²) in [6.45, 7) is -0.527. The van der Waals surface area contributed by atoms with Crippen LogP contribution in [0.25, 0.3) is 0 Å². The summed E-state index contributed by atoms with van der Waals surface area (Å²) < 4.78 is 74.5. The first kappa shape index (κ1) is 16.9. The average Bonchev–Trinajstić information content (AvgIpc) is 2.34. The zero-order chi connectivity index (χ0) is 15.4. The van der Waals surface area contributed by atoms with E-state index in [2.05, 4.69) is 0 Å². The van der Waals surface area contributed by atoms with E-state index in [9.17, 15) is 26.0 Å². The van der Waals surface area contributed by atoms with Gasteiger partial charge in [0.05, 0.1) is 4.90 Å². The second-order valence-electron chi connectivity index (χ2n) is 4.07. The Morgan fingerprint density at radius 2 is 1.90 bits per heavy atom. The van der Waals surface area contributed by atoms with E-state index in [0.29, 0.717) is 0 Å². The number of benzene rings is 1. The van der Waals surface area contributed by atoms with Gasteiger partial charge in [0.15, 0.2) is 0 Å². The van der Waals surface area contributed by atoms with Gasteiger partial charge in [-0.15, -0.1) is 0 Å². The number of rotatable bonds is 6. The van der Waals surface area contributed by atoms with Crippen LogP contribution in [0.15, 0.2) is 23.1 Å². The molecule has 20 heavy (non-hydrogen) atoms. The SMILES string of the molecule is NCc1cc(S(=O)(=O)NCCCC(F)(F)F)ccc1F. The Hall–Kier alpha value is -1.19. The van der Waals surface area contributed by atoms with E-state index in [0.717, 1.165) is 18.2 Å². The number of hydrogen-bond acceptors (Lipinski definition) is 3. The summed E-state index contributed by atoms with van der Waals surface area (Å²) in [5.74, 6) is -0.636. The molecule has 0 fully saturated rings. The number of alkyl halides is 3. The van der Waals surface area contributed by atoms with Crippen LogP contribution in [0, 0.1) is 5.82 Å². The Bertz CT molecular complexity index is 558. The third-order valence-electron chi connectivity index (χ3n) is 2.48. The van der Waals surface area contributed by atoms with Gasteiger partial charge in [-0.25, -0.2) is 17.5 Å². The lowest BCUT2D eigenvalue weighted by molar-refractivity contribution is -0.135. The van der Waals surface area contributed by atoms with Gasteiger partial charge in [0.25, 0.3) is 0 Å². The summed E-state index contributed by atoms with van der Waals surface area (Å²) >= 11 is 0. The van der Waals surface area contributed by atoms with Crippen LogP contribution in [-0.4, -0.2) is 21.1 Å². The Morgan fingerprint density at radius 3 is 2.45 bits per heavy atom. The highest BCUT2D eigenvalue weighted by Crippen LogP contribution is 2.21. The first-order chi connectivity index (χ1) is 9.15. The van der Waals surface area contributed by atoms with Crippen LogP contribution in [0.1, 0.15) is 18.4 Å². The van der Waals surface area contributed by atoms with Crippen LogP contribution >= 0.6 is 0 Å². The molecule has 0 aliphatic heterocycles. The lowest BCUT2D eigenvalue weighted by Gasteiger charge is -2.09. The van der Waals surface area contributed by atoms with E-state index >= 15 is 0 Å². The van der Waals surface area contributed by atoms with Gasteiger partial charge in [0.1, 0.15) is 5.82 Å². The Morgan fingerprint density at radius 1 is 1.25 bits per heavy atom. The molecule has 0 amide bonds. The molecule has 114 valence electrons. The molecule has 0 spiro atoms. The minimum Gasteiger partial charge on any atom is -0.326 e. The second kappa shape index (κ2) is 6.51. The molecule has 0 bridgehead atoms. The molecular formula is C11H14F4N2O2S. The van der Waals surface area contributed by atoms with Crippen molar-refractivity contribution in [2.24, 2.45) is 5.73 Å². The average molecular weight is 314 g/mol. The fourth-order valence-corrected chi connectivity index (χ4v) is 2.58. The van der Waals surface area contributed by atoms with Crippen LogP contribution in [0.2, 0.25) is 0 Å². The monoisotopic (exact) mass is 314 g/mol. The second-order valence-corrected chi connectivity index (χ2v) is 5.84. The fourth-order valence-electron chi connectivity index (χ4n) is 1.45. The minimum absolute atomic E-state index is 0.0168. The van der Waals surface area contributed by atoms with Crippen molar-refractivity contribution in [1.29, 1.82) is 0 Å². The Balaban J connectivity index is 2.69. The van der Waals surface area contributed by atoms with Crippen molar-refractivity contribution in [3.63, 3.8) is 0 Å². The zero-order valence-corrected chi connectivity index (χ0v) is 11.2. The minimum atomic E-state index is -4.33. The van der Waals surface area contributed by atoms with Crippen molar-refractivity contribution in [1.82, 2.24) is 4.72 Å². The van der Waals surface area contributed by atoms with Gasteiger partial charge < -0.3 is 5.73 Å². The largest absolute Gasteiger partial charge is 0.389 e. The number of nitrogens with one attached hydrogen (secondary N) is 1. The molecule has 0 saturated heterocycles. The van der Waals surface area contributed by atoms with Gasteiger partial charge in [0, 0.05) is 25.1 Å². The summed E-state index contributed by atoms with van der Waals surface area (Å²) in [7, 11) is -3.97. The molecule has 0 heterocycles. The van der Waals surface area contributed by atoms with Crippen molar-refractivity contribution in [3.8, 4) is 0 Å². The van der Waals surface area contributed by atoms with Gasteiger partial charge in [-0.1, -0.05) is 0 Å². The lowest BCUT2D eigenvalue weighted by Crippen LogP contribution is -2.26. The van der Waals surface area contributed by atoms with Crippen molar-refractivity contribution in [2.45, 2.75) is 30.5 Å². The van der Waals surface area contributed by atoms with Crippen molar-refractivity contribution < 1.29 is 26.0 Å². The summed E-state index contributed by atoms with van der Waals surface area (Å²) in [4.78, 5) is -0.230. The van der Waals surface area contributed by atoms with E-state index in [1.165, 1.54) is 0 Å². The molecular weight excluding hydrogens is 300 g/mol. The fraction of sp³-hybridized carbons (Fsp3) is 0.455. The van der Waals surface area contributed by atoms with E-state index in [4.69, 9.17) is 5.73 Å². The van der Waals surface area contributed by atoms with Crippen molar-refractivity contribution in [3.05, 3.63) is 29.6 Å². The van der Waals surface area contributed by atoms with Crippen LogP contribution < -0.4 is 10.5 Å². The lowest BCUT2D eigenvalue weighted by atomic mass is 10.2. The highest BCUT2D eigenvalue weighted by molar-refractivity contribution is 7.89. The zero-order valence-electron chi connectivity index (χ0n) is 10.4. The number of hydrogen-bond donors (Lipinski definition) is 2. The number of halogens is 4. The van der Waals surface area contributed by atoms with E-state index in [-0.39, 0.29) is 30.0 Å². The van der Waals surface area contributed by atoms with E-state index in [1.54, 1.807) is 0 Å². The molecule has 0 aliphatic rings. The summed E-state index contributed by atoms with van der Waals surface area (Å²) in [6, 6.07) is 3.04. The number of nitrogens with two attached hydrogens (primary N) is 1. The molecule has 0 unspecified atom stereocenters. The Kier molecular flexibility index (Phi) is 5.49. The van der Waals surface area contributed by atoms with Gasteiger partial charge in [0.2, 0.25) is 10.0 Å². The standard InChI is InChI=1S/C11H14F4N2O2S/c12-10-3-2-9(6-8(10)7-16)20(18,19)17-5-1-4-11(13,14)15/h2-3,6,17H,1,4-5,7,16H2. The van der Waals surface area contributed by atoms with Crippen molar-refractivity contribution in [2.75, 3.05) is 6.54 Å². The summed E-state index contributed by atoms with van der Waals surface area (Å²) in [5.41, 5.74) is 5.27. The maximum atomic E-state index is 13.2. The molecule has 0 radical (unpaired) electrons. The van der Waals surface area contributed by atoms with E-state index in [1.807, 2.05) is 4.72 Å². The van der Waals surface area contributed by atoms with Gasteiger partial charge >= 0.3 is 6.18 Å². The molecule has 0 atom stereocenters. The molecule has 0 saturated carbocycles. The molecule has 4 nitrogen and oxygen atoms in total. The molecule has 1 aromatic rings. The van der Waals surface area contributed by atoms with Gasteiger partial charge in [-0.3, -0.25) is 0 Å². The third kappa shape index (κ3) is 5.06. The van der Waals surface area contributed by atoms with Gasteiger partial charge in [-0.05, 0) is 24.6 Å². The summed E-state index contributed by atoms with van der Waals surface area (Å²) in [6.07, 6.45) is -5.77. The van der Waals surface area contributed by atoms with Crippen LogP contribution in [-0.2, 0) is 16.6 Å². The molecule has 1 rings (SSSR count). The number of sulfonamides is 1. The van der Waals surface area contributed by atoms with E-state index < -0.39 is 28.4 Å². The molecule has 0 aliphatic carbocycles. The van der Waals surface area contributed by atoms with Gasteiger partial charge in [-0.2, -0.15) is 13.2 Å². The third-order valence-corrected chi connectivity index (χ3v) is 3.94. The normalized spacial score (nSPS) is 12.7. The van der Waals surface area contributed by atoms with Crippen LogP contribution in [0.4, 0.5) is 17.6 Å². The molecule has 0 aromatic heterocycles. The summed E-state index contributed by atoms with van der Waals surface area (Å²) in [5, 5.41) is 0. The van der Waals surface area contributed by atoms with Crippen molar-refractivity contribution >= 4 is 10.0 Å². The first-order valence-electron chi connectivity index (χ1n) is 5.70.